The summed E-state index contributed by atoms with van der Waals surface area (Å²) in [6, 6.07) is 10.1. The van der Waals surface area contributed by atoms with Gasteiger partial charge < -0.3 is 5.32 Å². The Morgan fingerprint density at radius 2 is 1.97 bits per heavy atom. The molecule has 0 spiro atoms. The van der Waals surface area contributed by atoms with E-state index in [0.717, 1.165) is 16.1 Å². The third kappa shape index (κ3) is 3.34. The molecule has 4 rings (SSSR count). The molecule has 4 aromatic rings. The van der Waals surface area contributed by atoms with Crippen LogP contribution in [0, 0.1) is 30.9 Å². The number of nitrogens with one attached hydrogen (secondary N) is 1. The number of benzene rings is 2. The molecular weight excluding hydrogens is 392 g/mol. The number of nitro benzene ring substituents is 1. The van der Waals surface area contributed by atoms with Crippen LogP contribution in [0.25, 0.3) is 15.5 Å². The van der Waals surface area contributed by atoms with Crippen molar-refractivity contribution in [3.8, 4) is 10.6 Å². The Kier molecular flexibility index (Phi) is 4.55. The Bertz CT molecular complexity index is 1280. The lowest BCUT2D eigenvalue weighted by Gasteiger charge is -2.11. The number of nitro groups is 1. The third-order valence-electron chi connectivity index (χ3n) is 4.63. The number of anilines is 1. The highest BCUT2D eigenvalue weighted by Crippen LogP contribution is 2.30. The SMILES string of the molecule is Cc1ccc(-c2nn3c(C)nnc3s2)cc1NC(=O)c1cccc([N+](=O)[O-])c1C. The number of carbonyl (C=O) groups excluding carboxylic acids is 1. The summed E-state index contributed by atoms with van der Waals surface area (Å²) in [5.74, 6) is 0.296. The van der Waals surface area contributed by atoms with E-state index in [4.69, 9.17) is 0 Å². The van der Waals surface area contributed by atoms with Crippen LogP contribution in [0.3, 0.4) is 0 Å². The Hall–Kier alpha value is -3.66. The highest BCUT2D eigenvalue weighted by molar-refractivity contribution is 7.19. The molecule has 1 N–H and O–H groups in total. The Balaban J connectivity index is 1.67. The van der Waals surface area contributed by atoms with E-state index in [1.807, 2.05) is 32.0 Å². The lowest BCUT2D eigenvalue weighted by atomic mass is 10.1. The largest absolute Gasteiger partial charge is 0.322 e. The lowest BCUT2D eigenvalue weighted by molar-refractivity contribution is -0.385. The smallest absolute Gasteiger partial charge is 0.273 e. The molecule has 0 atom stereocenters. The first-order valence-corrected chi connectivity index (χ1v) is 9.52. The maximum atomic E-state index is 12.8. The fourth-order valence-corrected chi connectivity index (χ4v) is 3.86. The van der Waals surface area contributed by atoms with Gasteiger partial charge in [-0.05, 0) is 38.5 Å². The van der Waals surface area contributed by atoms with Crippen LogP contribution in [0.15, 0.2) is 36.4 Å². The number of carbonyl (C=O) groups is 1. The second-order valence-electron chi connectivity index (χ2n) is 6.54. The molecule has 29 heavy (non-hydrogen) atoms. The van der Waals surface area contributed by atoms with Gasteiger partial charge >= 0.3 is 0 Å². The molecule has 2 aromatic heterocycles. The van der Waals surface area contributed by atoms with Gasteiger partial charge in [0.25, 0.3) is 11.6 Å². The van der Waals surface area contributed by atoms with Crippen LogP contribution in [0.5, 0.6) is 0 Å². The molecule has 0 saturated heterocycles. The van der Waals surface area contributed by atoms with E-state index in [9.17, 15) is 14.9 Å². The second-order valence-corrected chi connectivity index (χ2v) is 7.50. The summed E-state index contributed by atoms with van der Waals surface area (Å²) in [7, 11) is 0. The summed E-state index contributed by atoms with van der Waals surface area (Å²) in [5, 5.41) is 27.3. The van der Waals surface area contributed by atoms with Crippen molar-refractivity contribution in [2.24, 2.45) is 0 Å². The first kappa shape index (κ1) is 18.7. The zero-order valence-corrected chi connectivity index (χ0v) is 16.6. The molecule has 0 fully saturated rings. The summed E-state index contributed by atoms with van der Waals surface area (Å²) in [4.78, 5) is 24.1. The van der Waals surface area contributed by atoms with Crippen LogP contribution in [0.1, 0.15) is 27.3 Å². The standard InChI is InChI=1S/C19H16N6O3S/c1-10-7-8-13(18-23-24-12(3)21-22-19(24)29-18)9-15(10)20-17(26)14-5-4-6-16(11(14)2)25(27)28/h4-9H,1-3H3,(H,20,26). The molecule has 0 saturated carbocycles. The Labute approximate surface area is 169 Å². The molecule has 0 aliphatic heterocycles. The van der Waals surface area contributed by atoms with Gasteiger partial charge in [0.05, 0.1) is 4.92 Å². The summed E-state index contributed by atoms with van der Waals surface area (Å²) >= 11 is 1.40. The van der Waals surface area contributed by atoms with Gasteiger partial charge in [-0.25, -0.2) is 0 Å². The monoisotopic (exact) mass is 408 g/mol. The van der Waals surface area contributed by atoms with Crippen molar-refractivity contribution in [1.82, 2.24) is 19.8 Å². The van der Waals surface area contributed by atoms with Crippen LogP contribution in [-0.4, -0.2) is 30.6 Å². The predicted octanol–water partition coefficient (Wildman–Crippen LogP) is 3.94. The molecule has 0 aliphatic carbocycles. The second kappa shape index (κ2) is 7.06. The van der Waals surface area contributed by atoms with Gasteiger partial charge in [-0.15, -0.1) is 10.2 Å². The van der Waals surface area contributed by atoms with Gasteiger partial charge in [0.2, 0.25) is 4.96 Å². The fraction of sp³-hybridized carbons (Fsp3) is 0.158. The minimum atomic E-state index is -0.492. The molecule has 0 unspecified atom stereocenters. The van der Waals surface area contributed by atoms with E-state index in [1.165, 1.54) is 23.5 Å². The maximum Gasteiger partial charge on any atom is 0.273 e. The topological polar surface area (TPSA) is 115 Å². The minimum Gasteiger partial charge on any atom is -0.322 e. The van der Waals surface area contributed by atoms with Crippen LogP contribution in [-0.2, 0) is 0 Å². The summed E-state index contributed by atoms with van der Waals surface area (Å²) in [5.41, 5.74) is 2.81. The quantitative estimate of drug-likeness (QED) is 0.404. The van der Waals surface area contributed by atoms with E-state index in [2.05, 4.69) is 20.6 Å². The fourth-order valence-electron chi connectivity index (χ4n) is 2.98. The van der Waals surface area contributed by atoms with Crippen LogP contribution >= 0.6 is 11.3 Å². The first-order valence-electron chi connectivity index (χ1n) is 8.70. The van der Waals surface area contributed by atoms with E-state index in [0.29, 0.717) is 22.0 Å². The molecule has 2 heterocycles. The Morgan fingerprint density at radius 3 is 2.69 bits per heavy atom. The highest BCUT2D eigenvalue weighted by Gasteiger charge is 2.19. The van der Waals surface area contributed by atoms with Crippen LogP contribution in [0.2, 0.25) is 0 Å². The molecule has 0 aliphatic rings. The number of hydrogen-bond acceptors (Lipinski definition) is 7. The number of aromatic nitrogens is 4. The maximum absolute atomic E-state index is 12.8. The van der Waals surface area contributed by atoms with Crippen molar-refractivity contribution < 1.29 is 9.72 Å². The molecule has 2 aromatic carbocycles. The van der Waals surface area contributed by atoms with Crippen molar-refractivity contribution in [2.45, 2.75) is 20.8 Å². The molecule has 9 nitrogen and oxygen atoms in total. The Morgan fingerprint density at radius 1 is 1.17 bits per heavy atom. The number of fused-ring (bicyclic) bond motifs is 1. The van der Waals surface area contributed by atoms with Gasteiger partial charge in [0, 0.05) is 28.4 Å². The normalized spacial score (nSPS) is 11.0. The summed E-state index contributed by atoms with van der Waals surface area (Å²) < 4.78 is 1.67. The van der Waals surface area contributed by atoms with Gasteiger partial charge in [-0.1, -0.05) is 29.5 Å². The molecule has 10 heteroatoms. The summed E-state index contributed by atoms with van der Waals surface area (Å²) in [6.07, 6.45) is 0. The minimum absolute atomic E-state index is 0.0850. The van der Waals surface area contributed by atoms with Gasteiger partial charge in [0.1, 0.15) is 5.01 Å². The van der Waals surface area contributed by atoms with Crippen molar-refractivity contribution in [2.75, 3.05) is 5.32 Å². The number of nitrogens with zero attached hydrogens (tertiary/aromatic N) is 5. The molecule has 0 radical (unpaired) electrons. The highest BCUT2D eigenvalue weighted by atomic mass is 32.1. The molecular formula is C19H16N6O3S. The van der Waals surface area contributed by atoms with E-state index < -0.39 is 10.8 Å². The number of hydrogen-bond donors (Lipinski definition) is 1. The first-order chi connectivity index (χ1) is 13.8. The van der Waals surface area contributed by atoms with E-state index >= 15 is 0 Å². The average Bonchev–Trinajstić information content (AvgIpc) is 3.25. The van der Waals surface area contributed by atoms with E-state index in [1.54, 1.807) is 17.5 Å². The summed E-state index contributed by atoms with van der Waals surface area (Å²) in [6.45, 7) is 5.27. The molecule has 1 amide bonds. The number of rotatable bonds is 4. The van der Waals surface area contributed by atoms with Gasteiger partial charge in [0.15, 0.2) is 5.82 Å². The predicted molar refractivity (Wildman–Crippen MR) is 109 cm³/mol. The van der Waals surface area contributed by atoms with Crippen molar-refractivity contribution >= 4 is 33.6 Å². The van der Waals surface area contributed by atoms with Crippen LogP contribution < -0.4 is 5.32 Å². The molecule has 146 valence electrons. The van der Waals surface area contributed by atoms with Gasteiger partial charge in [-0.2, -0.15) is 9.61 Å². The average molecular weight is 408 g/mol. The number of aryl methyl sites for hydroxylation is 2. The zero-order chi connectivity index (χ0) is 20.7. The van der Waals surface area contributed by atoms with Crippen molar-refractivity contribution in [1.29, 1.82) is 0 Å². The van der Waals surface area contributed by atoms with Crippen molar-refractivity contribution in [3.63, 3.8) is 0 Å². The molecule has 0 bridgehead atoms. The lowest BCUT2D eigenvalue weighted by Crippen LogP contribution is -2.15. The third-order valence-corrected chi connectivity index (χ3v) is 5.57. The zero-order valence-electron chi connectivity index (χ0n) is 15.8. The van der Waals surface area contributed by atoms with Crippen LogP contribution in [0.4, 0.5) is 11.4 Å². The van der Waals surface area contributed by atoms with Crippen molar-refractivity contribution in [3.05, 3.63) is 69.0 Å². The number of amides is 1. The van der Waals surface area contributed by atoms with E-state index in [-0.39, 0.29) is 11.3 Å². The van der Waals surface area contributed by atoms with Gasteiger partial charge in [-0.3, -0.25) is 14.9 Å².